The van der Waals surface area contributed by atoms with Crippen LogP contribution in [0, 0.1) is 0 Å². The summed E-state index contributed by atoms with van der Waals surface area (Å²) < 4.78 is 6.81. The van der Waals surface area contributed by atoms with E-state index in [0.29, 0.717) is 37.1 Å². The van der Waals surface area contributed by atoms with Gasteiger partial charge in [-0.3, -0.25) is 9.48 Å². The number of carbonyl (C=O) groups is 2. The molecule has 0 aromatic carbocycles. The van der Waals surface area contributed by atoms with Crippen molar-refractivity contribution < 1.29 is 14.3 Å². The molecule has 1 heterocycles. The summed E-state index contributed by atoms with van der Waals surface area (Å²) in [6, 6.07) is 0. The number of hydrogen-bond acceptors (Lipinski definition) is 7. The van der Waals surface area contributed by atoms with Crippen molar-refractivity contribution >= 4 is 11.8 Å². The number of fused-ring (bicyclic) bond motifs is 1. The van der Waals surface area contributed by atoms with E-state index in [1.54, 1.807) is 11.6 Å². The first kappa shape index (κ1) is 21.1. The predicted molar refractivity (Wildman–Crippen MR) is 104 cm³/mol. The lowest BCUT2D eigenvalue weighted by Gasteiger charge is -2.29. The van der Waals surface area contributed by atoms with Crippen LogP contribution >= 0.6 is 0 Å². The van der Waals surface area contributed by atoms with Crippen LogP contribution in [0.1, 0.15) is 53.2 Å². The number of nitrogens with zero attached hydrogens (tertiary/aromatic N) is 3. The highest BCUT2D eigenvalue weighted by Gasteiger charge is 2.33. The molecule has 8 heteroatoms. The lowest BCUT2D eigenvalue weighted by Crippen LogP contribution is -2.51. The van der Waals surface area contributed by atoms with Crippen molar-refractivity contribution in [2.75, 3.05) is 34.8 Å². The van der Waals surface area contributed by atoms with E-state index in [0.717, 1.165) is 5.57 Å². The van der Waals surface area contributed by atoms with E-state index >= 15 is 0 Å². The number of Topliss-reactive ketones (excluding diaryl/α,β-unsaturated/α-hetero) is 1. The van der Waals surface area contributed by atoms with Gasteiger partial charge in [-0.25, -0.2) is 4.79 Å². The van der Waals surface area contributed by atoms with Gasteiger partial charge in [-0.1, -0.05) is 0 Å². The third-order valence-corrected chi connectivity index (χ3v) is 5.01. The van der Waals surface area contributed by atoms with Crippen molar-refractivity contribution in [2.45, 2.75) is 45.3 Å². The average Bonchev–Trinajstić information content (AvgIpc) is 3.01. The minimum atomic E-state index is -0.467. The largest absolute Gasteiger partial charge is 0.461 e. The Morgan fingerprint density at radius 3 is 2.56 bits per heavy atom. The van der Waals surface area contributed by atoms with Gasteiger partial charge in [0.2, 0.25) is 5.78 Å². The molecule has 150 valence electrons. The van der Waals surface area contributed by atoms with Crippen molar-refractivity contribution in [1.82, 2.24) is 25.3 Å². The fourth-order valence-corrected chi connectivity index (χ4v) is 3.18. The summed E-state index contributed by atoms with van der Waals surface area (Å²) in [7, 11) is 7.54. The third kappa shape index (κ3) is 4.56. The van der Waals surface area contributed by atoms with Gasteiger partial charge < -0.3 is 20.3 Å². The van der Waals surface area contributed by atoms with Crippen LogP contribution in [-0.4, -0.2) is 66.9 Å². The van der Waals surface area contributed by atoms with Crippen LogP contribution in [0.3, 0.4) is 0 Å². The summed E-state index contributed by atoms with van der Waals surface area (Å²) in [6.07, 6.45) is 3.73. The van der Waals surface area contributed by atoms with E-state index in [2.05, 4.69) is 15.7 Å². The van der Waals surface area contributed by atoms with E-state index in [9.17, 15) is 9.59 Å². The minimum absolute atomic E-state index is 0.0661. The van der Waals surface area contributed by atoms with Crippen LogP contribution in [0.15, 0.2) is 11.8 Å². The second kappa shape index (κ2) is 8.67. The quantitative estimate of drug-likeness (QED) is 0.399. The van der Waals surface area contributed by atoms with E-state index in [1.807, 2.05) is 46.2 Å². The highest BCUT2D eigenvalue weighted by atomic mass is 16.5. The molecule has 0 saturated heterocycles. The van der Waals surface area contributed by atoms with Crippen LogP contribution in [0.4, 0.5) is 0 Å². The van der Waals surface area contributed by atoms with Crippen molar-refractivity contribution in [2.24, 2.45) is 0 Å². The van der Waals surface area contributed by atoms with Gasteiger partial charge in [-0.05, 0) is 47.2 Å². The van der Waals surface area contributed by atoms with Crippen molar-refractivity contribution in [3.8, 4) is 0 Å². The molecule has 27 heavy (non-hydrogen) atoms. The standard InChI is InChI=1S/C19H31N5O3/c1-7-27-18(26)15-14-9-8-13(12-23(5)6)17(25)16(14)24(22-15)11-10-19(2,20-3)21-4/h12,20-21H,7-11H2,1-6H3/b13-12-. The van der Waals surface area contributed by atoms with Crippen LogP contribution in [-0.2, 0) is 17.7 Å². The maximum atomic E-state index is 13.1. The number of carbonyl (C=O) groups excluding carboxylic acids is 2. The van der Waals surface area contributed by atoms with Gasteiger partial charge in [-0.15, -0.1) is 0 Å². The Hall–Kier alpha value is -2.19. The lowest BCUT2D eigenvalue weighted by atomic mass is 9.90. The smallest absolute Gasteiger partial charge is 0.359 e. The zero-order valence-electron chi connectivity index (χ0n) is 17.2. The second-order valence-corrected chi connectivity index (χ2v) is 7.15. The Kier molecular flexibility index (Phi) is 6.78. The van der Waals surface area contributed by atoms with E-state index in [4.69, 9.17) is 4.74 Å². The SMILES string of the molecule is CCOC(=O)c1nn(CCC(C)(NC)NC)c2c1CC/C(=C/N(C)C)C2=O. The van der Waals surface area contributed by atoms with Gasteiger partial charge in [0, 0.05) is 38.0 Å². The number of esters is 1. The molecule has 1 aliphatic carbocycles. The molecular formula is C19H31N5O3. The molecule has 2 N–H and O–H groups in total. The highest BCUT2D eigenvalue weighted by Crippen LogP contribution is 2.29. The second-order valence-electron chi connectivity index (χ2n) is 7.15. The van der Waals surface area contributed by atoms with Gasteiger partial charge >= 0.3 is 5.97 Å². The van der Waals surface area contributed by atoms with Gasteiger partial charge in [-0.2, -0.15) is 5.10 Å². The summed E-state index contributed by atoms with van der Waals surface area (Å²) in [5.41, 5.74) is 1.90. The molecule has 1 aliphatic rings. The molecule has 8 nitrogen and oxygen atoms in total. The Morgan fingerprint density at radius 2 is 2.00 bits per heavy atom. The number of rotatable bonds is 8. The number of allylic oxidation sites excluding steroid dienone is 1. The molecule has 0 aliphatic heterocycles. The minimum Gasteiger partial charge on any atom is -0.461 e. The first-order valence-corrected chi connectivity index (χ1v) is 9.32. The number of aryl methyl sites for hydroxylation is 1. The number of hydrogen-bond donors (Lipinski definition) is 2. The highest BCUT2D eigenvalue weighted by molar-refractivity contribution is 6.11. The first-order valence-electron chi connectivity index (χ1n) is 9.32. The number of nitrogens with one attached hydrogen (secondary N) is 2. The van der Waals surface area contributed by atoms with Crippen LogP contribution in [0.2, 0.25) is 0 Å². The maximum absolute atomic E-state index is 13.1. The number of ether oxygens (including phenoxy) is 1. The molecule has 0 saturated carbocycles. The fourth-order valence-electron chi connectivity index (χ4n) is 3.18. The molecule has 0 fully saturated rings. The lowest BCUT2D eigenvalue weighted by molar-refractivity contribution is 0.0517. The van der Waals surface area contributed by atoms with Crippen molar-refractivity contribution in [1.29, 1.82) is 0 Å². The van der Waals surface area contributed by atoms with Crippen LogP contribution in [0.25, 0.3) is 0 Å². The summed E-state index contributed by atoms with van der Waals surface area (Å²) in [6.45, 7) is 4.57. The summed E-state index contributed by atoms with van der Waals surface area (Å²) >= 11 is 0. The number of aromatic nitrogens is 2. The summed E-state index contributed by atoms with van der Waals surface area (Å²) in [5, 5.41) is 10.9. The Labute approximate surface area is 160 Å². The molecule has 0 amide bonds. The van der Waals surface area contributed by atoms with Crippen molar-refractivity contribution in [3.05, 3.63) is 28.7 Å². The zero-order chi connectivity index (χ0) is 20.2. The Bertz CT molecular complexity index is 732. The molecule has 0 unspecified atom stereocenters. The zero-order valence-corrected chi connectivity index (χ0v) is 17.2. The normalized spacial score (nSPS) is 15.8. The molecule has 0 spiro atoms. The molecule has 0 bridgehead atoms. The van der Waals surface area contributed by atoms with Crippen LogP contribution in [0.5, 0.6) is 0 Å². The van der Waals surface area contributed by atoms with Crippen molar-refractivity contribution in [3.63, 3.8) is 0 Å². The molecule has 1 aromatic heterocycles. The van der Waals surface area contributed by atoms with Gasteiger partial charge in [0.1, 0.15) is 5.69 Å². The number of ketones is 1. The first-order chi connectivity index (χ1) is 12.8. The fraction of sp³-hybridized carbons (Fsp3) is 0.632. The Balaban J connectivity index is 2.44. The van der Waals surface area contributed by atoms with Gasteiger partial charge in [0.25, 0.3) is 0 Å². The Morgan fingerprint density at radius 1 is 1.33 bits per heavy atom. The summed E-state index contributed by atoms with van der Waals surface area (Å²) in [5.74, 6) is -0.533. The van der Waals surface area contributed by atoms with E-state index < -0.39 is 5.97 Å². The topological polar surface area (TPSA) is 88.5 Å². The summed E-state index contributed by atoms with van der Waals surface area (Å²) in [4.78, 5) is 27.3. The predicted octanol–water partition coefficient (Wildman–Crippen LogP) is 1.18. The van der Waals surface area contributed by atoms with E-state index in [1.165, 1.54) is 0 Å². The average molecular weight is 377 g/mol. The molecule has 0 atom stereocenters. The molecular weight excluding hydrogens is 346 g/mol. The molecule has 0 radical (unpaired) electrons. The van der Waals surface area contributed by atoms with E-state index in [-0.39, 0.29) is 23.7 Å². The molecule has 1 aromatic rings. The van der Waals surface area contributed by atoms with Gasteiger partial charge in [0.05, 0.1) is 12.3 Å². The monoisotopic (exact) mass is 377 g/mol. The van der Waals surface area contributed by atoms with Gasteiger partial charge in [0.15, 0.2) is 5.69 Å². The molecule has 2 rings (SSSR count). The van der Waals surface area contributed by atoms with Crippen LogP contribution < -0.4 is 10.6 Å². The third-order valence-electron chi connectivity index (χ3n) is 5.01. The maximum Gasteiger partial charge on any atom is 0.359 e.